The number of carboxylic acid groups (broad SMARTS) is 1. The number of aliphatic hydroxyl groups is 1. The number of nitrogens with zero attached hydrogens (tertiary/aromatic N) is 5. The van der Waals surface area contributed by atoms with Crippen LogP contribution in [-0.4, -0.2) is 93.5 Å². The van der Waals surface area contributed by atoms with E-state index < -0.39 is 6.09 Å². The van der Waals surface area contributed by atoms with E-state index in [-0.39, 0.29) is 12.5 Å². The van der Waals surface area contributed by atoms with Crippen molar-refractivity contribution in [3.63, 3.8) is 0 Å². The van der Waals surface area contributed by atoms with Crippen LogP contribution in [0.1, 0.15) is 74.4 Å². The van der Waals surface area contributed by atoms with Crippen molar-refractivity contribution < 1.29 is 19.7 Å². The second kappa shape index (κ2) is 12.8. The number of methoxy groups -OCH3 is 1. The minimum Gasteiger partial charge on any atom is -0.495 e. The van der Waals surface area contributed by atoms with Crippen molar-refractivity contribution in [1.82, 2.24) is 24.2 Å². The Morgan fingerprint density at radius 1 is 1.17 bits per heavy atom. The number of piperazine rings is 1. The van der Waals surface area contributed by atoms with Crippen molar-refractivity contribution in [1.29, 1.82) is 0 Å². The monoisotopic (exact) mass is 564 g/mol. The fourth-order valence-electron chi connectivity index (χ4n) is 6.80. The first-order valence-electron chi connectivity index (χ1n) is 14.9. The maximum absolute atomic E-state index is 11.6. The van der Waals surface area contributed by atoms with Gasteiger partial charge in [0, 0.05) is 68.6 Å². The summed E-state index contributed by atoms with van der Waals surface area (Å²) >= 11 is 0. The normalized spacial score (nSPS) is 21.2. The van der Waals surface area contributed by atoms with Crippen LogP contribution in [0.15, 0.2) is 24.5 Å². The van der Waals surface area contributed by atoms with E-state index in [9.17, 15) is 15.0 Å². The second-order valence-electron chi connectivity index (χ2n) is 11.6. The Kier molecular flexibility index (Phi) is 9.11. The topological polar surface area (TPSA) is 115 Å². The van der Waals surface area contributed by atoms with Crippen LogP contribution in [0.25, 0.3) is 16.8 Å². The Morgan fingerprint density at radius 2 is 1.90 bits per heavy atom. The minimum absolute atomic E-state index is 0.0497. The number of anilines is 1. The lowest BCUT2D eigenvalue weighted by molar-refractivity contribution is 0.0872. The first kappa shape index (κ1) is 29.3. The van der Waals surface area contributed by atoms with E-state index >= 15 is 0 Å². The smallest absolute Gasteiger partial charge is 0.409 e. The number of ether oxygens (including phenoxy) is 1. The van der Waals surface area contributed by atoms with Crippen molar-refractivity contribution in [2.24, 2.45) is 0 Å². The van der Waals surface area contributed by atoms with E-state index in [1.807, 2.05) is 25.4 Å². The van der Waals surface area contributed by atoms with E-state index in [0.29, 0.717) is 23.4 Å². The molecule has 10 nitrogen and oxygen atoms in total. The van der Waals surface area contributed by atoms with Gasteiger partial charge in [0.2, 0.25) is 0 Å². The lowest BCUT2D eigenvalue weighted by Crippen LogP contribution is -2.49. The molecule has 1 atom stereocenters. The fraction of sp³-hybridized carbons (Fsp3) is 0.581. The van der Waals surface area contributed by atoms with Gasteiger partial charge in [0.25, 0.3) is 0 Å². The van der Waals surface area contributed by atoms with E-state index in [0.717, 1.165) is 85.7 Å². The molecule has 5 rings (SSSR count). The van der Waals surface area contributed by atoms with Crippen LogP contribution < -0.4 is 10.1 Å². The summed E-state index contributed by atoms with van der Waals surface area (Å²) in [6.45, 7) is 8.61. The number of aliphatic hydroxyl groups excluding tert-OH is 1. The molecule has 41 heavy (non-hydrogen) atoms. The quantitative estimate of drug-likeness (QED) is 0.334. The molecule has 10 heteroatoms. The summed E-state index contributed by atoms with van der Waals surface area (Å²) in [7, 11) is 3.73. The van der Waals surface area contributed by atoms with E-state index in [4.69, 9.17) is 9.72 Å². The Balaban J connectivity index is 1.56. The summed E-state index contributed by atoms with van der Waals surface area (Å²) in [4.78, 5) is 26.6. The molecular formula is C31H44N6O4. The zero-order valence-corrected chi connectivity index (χ0v) is 24.8. The number of amides is 1. The Bertz CT molecular complexity index is 1360. The highest BCUT2D eigenvalue weighted by Gasteiger charge is 2.32. The molecular weight excluding hydrogens is 520 g/mol. The molecule has 0 radical (unpaired) electrons. The van der Waals surface area contributed by atoms with Crippen molar-refractivity contribution in [2.45, 2.75) is 70.3 Å². The molecule has 2 aromatic heterocycles. The largest absolute Gasteiger partial charge is 0.495 e. The first-order chi connectivity index (χ1) is 19.8. The third kappa shape index (κ3) is 6.05. The molecule has 3 N–H and O–H groups in total. The molecule has 2 fully saturated rings. The van der Waals surface area contributed by atoms with Crippen LogP contribution in [0.5, 0.6) is 5.75 Å². The third-order valence-corrected chi connectivity index (χ3v) is 9.05. The summed E-state index contributed by atoms with van der Waals surface area (Å²) in [5.74, 6) is 1.62. The summed E-state index contributed by atoms with van der Waals surface area (Å²) in [5, 5.41) is 22.3. The van der Waals surface area contributed by atoms with Gasteiger partial charge in [-0.2, -0.15) is 0 Å². The number of imidazole rings is 1. The zero-order valence-electron chi connectivity index (χ0n) is 24.8. The lowest BCUT2D eigenvalue weighted by atomic mass is 9.84. The molecule has 1 saturated heterocycles. The van der Waals surface area contributed by atoms with Crippen LogP contribution >= 0.6 is 0 Å². The fourth-order valence-corrected chi connectivity index (χ4v) is 6.80. The maximum Gasteiger partial charge on any atom is 0.409 e. The van der Waals surface area contributed by atoms with Gasteiger partial charge in [0.1, 0.15) is 11.6 Å². The van der Waals surface area contributed by atoms with Gasteiger partial charge in [0.15, 0.2) is 0 Å². The van der Waals surface area contributed by atoms with E-state index in [2.05, 4.69) is 38.5 Å². The average molecular weight is 565 g/mol. The van der Waals surface area contributed by atoms with Crippen LogP contribution in [0.3, 0.4) is 0 Å². The van der Waals surface area contributed by atoms with Gasteiger partial charge in [-0.1, -0.05) is 13.3 Å². The summed E-state index contributed by atoms with van der Waals surface area (Å²) in [6.07, 6.45) is 8.82. The van der Waals surface area contributed by atoms with E-state index in [1.165, 1.54) is 20.0 Å². The van der Waals surface area contributed by atoms with Gasteiger partial charge in [-0.25, -0.2) is 9.78 Å². The van der Waals surface area contributed by atoms with Gasteiger partial charge < -0.3 is 19.8 Å². The molecule has 1 unspecified atom stereocenters. The standard InChI is InChI=1S/C31H44N6O4/c1-5-6-22(19-38)24-17-26(33-31(39)40)27(41-4)18-25(24)28-29-20(2)32-11-12-37(29)30(34-28)21-7-9-23(10-8-21)36-15-13-35(3)14-16-36/h11-12,17-18,21-23,33,38H,5-10,13-16,19H2,1-4H3,(H,39,40)/t21-,22?,23-. The highest BCUT2D eigenvalue weighted by molar-refractivity contribution is 5.89. The molecule has 1 aromatic carbocycles. The molecule has 1 aliphatic carbocycles. The number of likely N-dealkylation sites (N-methyl/N-ethyl adjacent to an activating group) is 1. The SMILES string of the molecule is CCCC(CO)c1cc(NC(=O)O)c(OC)cc1-c1nc([C@H]2CC[C@H](N3CCN(C)CC3)CC2)n2ccnc(C)c12. The molecule has 1 amide bonds. The molecule has 3 heterocycles. The van der Waals surface area contributed by atoms with Crippen molar-refractivity contribution in [2.75, 3.05) is 52.3 Å². The molecule has 2 aliphatic rings. The summed E-state index contributed by atoms with van der Waals surface area (Å²) in [6, 6.07) is 4.30. The Hall–Kier alpha value is -3.21. The summed E-state index contributed by atoms with van der Waals surface area (Å²) in [5.41, 5.74) is 4.68. The molecule has 1 saturated carbocycles. The van der Waals surface area contributed by atoms with Crippen molar-refractivity contribution in [3.05, 3.63) is 41.6 Å². The van der Waals surface area contributed by atoms with Gasteiger partial charge in [-0.15, -0.1) is 0 Å². The maximum atomic E-state index is 11.6. The first-order valence-corrected chi connectivity index (χ1v) is 14.9. The van der Waals surface area contributed by atoms with Crippen LogP contribution in [0, 0.1) is 6.92 Å². The molecule has 0 bridgehead atoms. The number of fused-ring (bicyclic) bond motifs is 1. The van der Waals surface area contributed by atoms with E-state index in [1.54, 1.807) is 6.07 Å². The van der Waals surface area contributed by atoms with Crippen molar-refractivity contribution >= 4 is 17.3 Å². The number of hydrogen-bond acceptors (Lipinski definition) is 7. The van der Waals surface area contributed by atoms with Gasteiger partial charge in [-0.3, -0.25) is 19.6 Å². The number of aromatic nitrogens is 3. The number of aryl methyl sites for hydroxylation is 1. The van der Waals surface area contributed by atoms with Crippen LogP contribution in [-0.2, 0) is 0 Å². The van der Waals surface area contributed by atoms with Crippen LogP contribution in [0.4, 0.5) is 10.5 Å². The number of benzene rings is 1. The lowest BCUT2D eigenvalue weighted by Gasteiger charge is -2.41. The summed E-state index contributed by atoms with van der Waals surface area (Å²) < 4.78 is 7.83. The number of rotatable bonds is 9. The minimum atomic E-state index is -1.17. The highest BCUT2D eigenvalue weighted by Crippen LogP contribution is 2.43. The molecule has 222 valence electrons. The van der Waals surface area contributed by atoms with Crippen LogP contribution in [0.2, 0.25) is 0 Å². The average Bonchev–Trinajstić information content (AvgIpc) is 3.37. The predicted molar refractivity (Wildman–Crippen MR) is 160 cm³/mol. The van der Waals surface area contributed by atoms with Gasteiger partial charge in [0.05, 0.1) is 29.7 Å². The number of hydrogen-bond donors (Lipinski definition) is 3. The Morgan fingerprint density at radius 3 is 2.54 bits per heavy atom. The Labute approximate surface area is 242 Å². The third-order valence-electron chi connectivity index (χ3n) is 9.05. The molecule has 0 spiro atoms. The van der Waals surface area contributed by atoms with Gasteiger partial charge >= 0.3 is 6.09 Å². The molecule has 1 aliphatic heterocycles. The predicted octanol–water partition coefficient (Wildman–Crippen LogP) is 4.95. The number of carbonyl (C=O) groups is 1. The highest BCUT2D eigenvalue weighted by atomic mass is 16.5. The van der Waals surface area contributed by atoms with Gasteiger partial charge in [-0.05, 0) is 63.8 Å². The number of nitrogens with one attached hydrogen (secondary N) is 1. The van der Waals surface area contributed by atoms with Crippen molar-refractivity contribution in [3.8, 4) is 17.0 Å². The molecule has 3 aromatic rings. The zero-order chi connectivity index (χ0) is 29.1. The second-order valence-corrected chi connectivity index (χ2v) is 11.6.